The third-order valence-corrected chi connectivity index (χ3v) is 5.09. The lowest BCUT2D eigenvalue weighted by atomic mass is 9.93. The van der Waals surface area contributed by atoms with Gasteiger partial charge in [-0.15, -0.1) is 0 Å². The third kappa shape index (κ3) is 3.67. The first-order chi connectivity index (χ1) is 12.5. The second-order valence-electron chi connectivity index (χ2n) is 6.13. The van der Waals surface area contributed by atoms with Crippen LogP contribution in [0.25, 0.3) is 0 Å². The van der Waals surface area contributed by atoms with Crippen molar-refractivity contribution in [2.24, 2.45) is 0 Å². The normalized spacial score (nSPS) is 16.8. The summed E-state index contributed by atoms with van der Waals surface area (Å²) in [6.45, 7) is 2.23. The van der Waals surface area contributed by atoms with Crippen molar-refractivity contribution in [3.05, 3.63) is 33.8 Å². The van der Waals surface area contributed by atoms with E-state index >= 15 is 0 Å². The molecule has 0 atom stereocenters. The molecular weight excluding hydrogens is 402 g/mol. The first-order valence-electron chi connectivity index (χ1n) is 8.71. The average Bonchev–Trinajstić information content (AvgIpc) is 2.88. The van der Waals surface area contributed by atoms with Crippen molar-refractivity contribution in [1.29, 1.82) is 0 Å². The van der Waals surface area contributed by atoms with E-state index in [0.717, 1.165) is 12.8 Å². The number of esters is 1. The summed E-state index contributed by atoms with van der Waals surface area (Å²) in [6.07, 6.45) is 3.33. The smallest absolute Gasteiger partial charge is 0.309 e. The Morgan fingerprint density at radius 1 is 1.15 bits per heavy atom. The van der Waals surface area contributed by atoms with Crippen LogP contribution >= 0.6 is 15.9 Å². The highest BCUT2D eigenvalue weighted by Crippen LogP contribution is 2.38. The standard InChI is InChI=1S/C19H20BrNO5/c1-2-25-17(22)9-10-26-16-11-12(7-8-15(16)20)21-18(23)13-5-3-4-6-14(13)19(21)24/h7-8,11H,2-6,9-10H2,1H3. The Balaban J connectivity index is 1.74. The summed E-state index contributed by atoms with van der Waals surface area (Å²) >= 11 is 3.39. The fourth-order valence-electron chi connectivity index (χ4n) is 3.19. The lowest BCUT2D eigenvalue weighted by Gasteiger charge is -2.17. The quantitative estimate of drug-likeness (QED) is 0.518. The summed E-state index contributed by atoms with van der Waals surface area (Å²) in [5.41, 5.74) is 1.77. The number of halogens is 1. The van der Waals surface area contributed by atoms with E-state index in [1.807, 2.05) is 0 Å². The van der Waals surface area contributed by atoms with Gasteiger partial charge in [-0.05, 0) is 60.7 Å². The van der Waals surface area contributed by atoms with Gasteiger partial charge in [0, 0.05) is 17.2 Å². The Kier molecular flexibility index (Phi) is 5.76. The van der Waals surface area contributed by atoms with Gasteiger partial charge < -0.3 is 9.47 Å². The molecule has 7 heteroatoms. The Labute approximate surface area is 160 Å². The van der Waals surface area contributed by atoms with E-state index in [1.54, 1.807) is 25.1 Å². The molecule has 0 aromatic heterocycles. The zero-order valence-corrected chi connectivity index (χ0v) is 16.1. The van der Waals surface area contributed by atoms with Crippen molar-refractivity contribution < 1.29 is 23.9 Å². The number of ether oxygens (including phenoxy) is 2. The largest absolute Gasteiger partial charge is 0.492 e. The van der Waals surface area contributed by atoms with Crippen molar-refractivity contribution in [2.75, 3.05) is 18.1 Å². The number of carbonyl (C=O) groups is 3. The average molecular weight is 422 g/mol. The second kappa shape index (κ2) is 8.03. The lowest BCUT2D eigenvalue weighted by Crippen LogP contribution is -2.31. The van der Waals surface area contributed by atoms with Gasteiger partial charge in [-0.3, -0.25) is 14.4 Å². The minimum Gasteiger partial charge on any atom is -0.492 e. The van der Waals surface area contributed by atoms with E-state index in [2.05, 4.69) is 15.9 Å². The molecule has 0 bridgehead atoms. The molecule has 0 N–H and O–H groups in total. The summed E-state index contributed by atoms with van der Waals surface area (Å²) in [5, 5.41) is 0. The molecule has 6 nitrogen and oxygen atoms in total. The Morgan fingerprint density at radius 2 is 1.81 bits per heavy atom. The van der Waals surface area contributed by atoms with E-state index in [4.69, 9.17) is 9.47 Å². The molecule has 1 aliphatic heterocycles. The van der Waals surface area contributed by atoms with Gasteiger partial charge in [0.15, 0.2) is 0 Å². The van der Waals surface area contributed by atoms with Crippen LogP contribution < -0.4 is 9.64 Å². The number of rotatable bonds is 6. The monoisotopic (exact) mass is 421 g/mol. The molecule has 0 saturated heterocycles. The van der Waals surface area contributed by atoms with Gasteiger partial charge in [0.1, 0.15) is 5.75 Å². The summed E-state index contributed by atoms with van der Waals surface area (Å²) < 4.78 is 11.2. The molecule has 2 amide bonds. The molecule has 0 radical (unpaired) electrons. The molecule has 0 fully saturated rings. The zero-order valence-electron chi connectivity index (χ0n) is 14.5. The number of carbonyl (C=O) groups excluding carboxylic acids is 3. The molecular formula is C19H20BrNO5. The minimum atomic E-state index is -0.332. The number of anilines is 1. The molecule has 0 spiro atoms. The van der Waals surface area contributed by atoms with Gasteiger partial charge in [-0.25, -0.2) is 4.90 Å². The van der Waals surface area contributed by atoms with Crippen molar-refractivity contribution in [2.45, 2.75) is 39.0 Å². The van der Waals surface area contributed by atoms with Crippen LogP contribution in [0.3, 0.4) is 0 Å². The van der Waals surface area contributed by atoms with Crippen LogP contribution in [-0.2, 0) is 19.1 Å². The predicted octanol–water partition coefficient (Wildman–Crippen LogP) is 3.52. The van der Waals surface area contributed by atoms with Crippen LogP contribution in [0.5, 0.6) is 5.75 Å². The molecule has 2 aliphatic rings. The molecule has 0 saturated carbocycles. The highest BCUT2D eigenvalue weighted by molar-refractivity contribution is 9.10. The van der Waals surface area contributed by atoms with Crippen molar-refractivity contribution in [3.8, 4) is 5.75 Å². The van der Waals surface area contributed by atoms with E-state index in [-0.39, 0.29) is 30.8 Å². The fraction of sp³-hybridized carbons (Fsp3) is 0.421. The van der Waals surface area contributed by atoms with Crippen LogP contribution in [-0.4, -0.2) is 31.0 Å². The summed E-state index contributed by atoms with van der Waals surface area (Å²) in [4.78, 5) is 37.9. The SMILES string of the molecule is CCOC(=O)CCOc1cc(N2C(=O)C3=C(CCCC3)C2=O)ccc1Br. The molecule has 26 heavy (non-hydrogen) atoms. The molecule has 1 aromatic rings. The van der Waals surface area contributed by atoms with E-state index in [9.17, 15) is 14.4 Å². The second-order valence-corrected chi connectivity index (χ2v) is 6.98. The van der Waals surface area contributed by atoms with Crippen LogP contribution in [0.15, 0.2) is 33.8 Å². The van der Waals surface area contributed by atoms with Crippen molar-refractivity contribution in [1.82, 2.24) is 0 Å². The van der Waals surface area contributed by atoms with Gasteiger partial charge in [-0.2, -0.15) is 0 Å². The minimum absolute atomic E-state index is 0.127. The van der Waals surface area contributed by atoms with E-state index in [1.165, 1.54) is 4.90 Å². The van der Waals surface area contributed by atoms with E-state index in [0.29, 0.717) is 46.5 Å². The van der Waals surface area contributed by atoms with Crippen LogP contribution in [0.2, 0.25) is 0 Å². The van der Waals surface area contributed by atoms with Crippen molar-refractivity contribution in [3.63, 3.8) is 0 Å². The van der Waals surface area contributed by atoms with Gasteiger partial charge in [0.05, 0.1) is 29.8 Å². The van der Waals surface area contributed by atoms with Crippen LogP contribution in [0.4, 0.5) is 5.69 Å². The van der Waals surface area contributed by atoms with Gasteiger partial charge >= 0.3 is 5.97 Å². The first-order valence-corrected chi connectivity index (χ1v) is 9.51. The molecule has 1 heterocycles. The topological polar surface area (TPSA) is 72.9 Å². The predicted molar refractivity (Wildman–Crippen MR) is 98.9 cm³/mol. The van der Waals surface area contributed by atoms with E-state index < -0.39 is 0 Å². The maximum absolute atomic E-state index is 12.7. The number of hydrogen-bond donors (Lipinski definition) is 0. The molecule has 1 aliphatic carbocycles. The fourth-order valence-corrected chi connectivity index (χ4v) is 3.55. The maximum Gasteiger partial charge on any atom is 0.309 e. The number of nitrogens with zero attached hydrogens (tertiary/aromatic N) is 1. The van der Waals surface area contributed by atoms with Crippen molar-refractivity contribution >= 4 is 39.4 Å². The van der Waals surface area contributed by atoms with Gasteiger partial charge in [0.25, 0.3) is 11.8 Å². The molecule has 3 rings (SSSR count). The van der Waals surface area contributed by atoms with Crippen LogP contribution in [0, 0.1) is 0 Å². The summed E-state index contributed by atoms with van der Waals surface area (Å²) in [5.74, 6) is -0.326. The molecule has 0 unspecified atom stereocenters. The number of hydrogen-bond acceptors (Lipinski definition) is 5. The third-order valence-electron chi connectivity index (χ3n) is 4.43. The Hall–Kier alpha value is -2.15. The molecule has 1 aromatic carbocycles. The highest BCUT2D eigenvalue weighted by Gasteiger charge is 2.39. The zero-order chi connectivity index (χ0) is 18.7. The molecule has 138 valence electrons. The lowest BCUT2D eigenvalue weighted by molar-refractivity contribution is -0.143. The number of imide groups is 1. The van der Waals surface area contributed by atoms with Crippen LogP contribution in [0.1, 0.15) is 39.0 Å². The first kappa shape index (κ1) is 18.6. The maximum atomic E-state index is 12.7. The Bertz CT molecular complexity index is 758. The number of benzene rings is 1. The summed E-state index contributed by atoms with van der Waals surface area (Å²) in [7, 11) is 0. The highest BCUT2D eigenvalue weighted by atomic mass is 79.9. The number of amides is 2. The summed E-state index contributed by atoms with van der Waals surface area (Å²) in [6, 6.07) is 5.08. The van der Waals surface area contributed by atoms with Gasteiger partial charge in [0.2, 0.25) is 0 Å². The van der Waals surface area contributed by atoms with Gasteiger partial charge in [-0.1, -0.05) is 0 Å². The Morgan fingerprint density at radius 3 is 2.42 bits per heavy atom.